The van der Waals surface area contributed by atoms with Gasteiger partial charge in [-0.15, -0.1) is 0 Å². The number of hydrogen-bond acceptors (Lipinski definition) is 6. The SMILES string of the molecule is COc1cccc(NS(=O)(=O)c2ccc(OCC(=O)Nc3ccccc3OC)cc2)c1. The van der Waals surface area contributed by atoms with Crippen LogP contribution in [0.2, 0.25) is 0 Å². The highest BCUT2D eigenvalue weighted by atomic mass is 32.2. The first-order chi connectivity index (χ1) is 14.9. The van der Waals surface area contributed by atoms with Crippen molar-refractivity contribution >= 4 is 27.3 Å². The first-order valence-corrected chi connectivity index (χ1v) is 10.7. The van der Waals surface area contributed by atoms with Crippen LogP contribution in [0.3, 0.4) is 0 Å². The molecule has 0 bridgehead atoms. The summed E-state index contributed by atoms with van der Waals surface area (Å²) in [6, 6.07) is 19.4. The minimum Gasteiger partial charge on any atom is -0.497 e. The fourth-order valence-electron chi connectivity index (χ4n) is 2.70. The summed E-state index contributed by atoms with van der Waals surface area (Å²) >= 11 is 0. The van der Waals surface area contributed by atoms with E-state index in [9.17, 15) is 13.2 Å². The molecule has 0 atom stereocenters. The summed E-state index contributed by atoms with van der Waals surface area (Å²) in [6.07, 6.45) is 0. The molecule has 0 heterocycles. The molecule has 0 saturated heterocycles. The monoisotopic (exact) mass is 442 g/mol. The van der Waals surface area contributed by atoms with Crippen molar-refractivity contribution in [3.05, 3.63) is 72.8 Å². The van der Waals surface area contributed by atoms with Crippen LogP contribution in [0.25, 0.3) is 0 Å². The van der Waals surface area contributed by atoms with Crippen LogP contribution in [0.1, 0.15) is 0 Å². The van der Waals surface area contributed by atoms with Crippen molar-refractivity contribution in [1.29, 1.82) is 0 Å². The Balaban J connectivity index is 1.59. The Morgan fingerprint density at radius 2 is 1.61 bits per heavy atom. The number of carbonyl (C=O) groups excluding carboxylic acids is 1. The molecule has 9 heteroatoms. The Kier molecular flexibility index (Phi) is 6.99. The Morgan fingerprint density at radius 1 is 0.871 bits per heavy atom. The summed E-state index contributed by atoms with van der Waals surface area (Å²) in [5.74, 6) is 1.06. The minimum atomic E-state index is -3.79. The van der Waals surface area contributed by atoms with E-state index in [0.717, 1.165) is 0 Å². The Labute approximate surface area is 180 Å². The predicted octanol–water partition coefficient (Wildman–Crippen LogP) is 3.52. The number of sulfonamides is 1. The number of carbonyl (C=O) groups is 1. The summed E-state index contributed by atoms with van der Waals surface area (Å²) in [5, 5.41) is 2.70. The molecule has 0 unspecified atom stereocenters. The molecule has 0 fully saturated rings. The van der Waals surface area contributed by atoms with Crippen LogP contribution in [0.15, 0.2) is 77.7 Å². The maximum Gasteiger partial charge on any atom is 0.262 e. The molecule has 0 spiro atoms. The van der Waals surface area contributed by atoms with E-state index in [-0.39, 0.29) is 17.4 Å². The molecule has 3 rings (SSSR count). The lowest BCUT2D eigenvalue weighted by atomic mass is 10.3. The average molecular weight is 442 g/mol. The molecule has 0 aliphatic heterocycles. The minimum absolute atomic E-state index is 0.0566. The Bertz CT molecular complexity index is 1150. The highest BCUT2D eigenvalue weighted by Gasteiger charge is 2.15. The third kappa shape index (κ3) is 5.89. The van der Waals surface area contributed by atoms with Crippen molar-refractivity contribution < 1.29 is 27.4 Å². The van der Waals surface area contributed by atoms with E-state index in [1.807, 2.05) is 0 Å². The third-order valence-electron chi connectivity index (χ3n) is 4.21. The maximum atomic E-state index is 12.6. The van der Waals surface area contributed by atoms with Gasteiger partial charge in [0.1, 0.15) is 17.2 Å². The van der Waals surface area contributed by atoms with Gasteiger partial charge in [0.25, 0.3) is 15.9 Å². The van der Waals surface area contributed by atoms with Gasteiger partial charge in [-0.25, -0.2) is 8.42 Å². The molecule has 0 aliphatic carbocycles. The maximum absolute atomic E-state index is 12.6. The van der Waals surface area contributed by atoms with Crippen LogP contribution in [0, 0.1) is 0 Å². The highest BCUT2D eigenvalue weighted by Crippen LogP contribution is 2.24. The van der Waals surface area contributed by atoms with Gasteiger partial charge in [0, 0.05) is 6.07 Å². The second kappa shape index (κ2) is 9.86. The second-order valence-corrected chi connectivity index (χ2v) is 8.03. The smallest absolute Gasteiger partial charge is 0.262 e. The largest absolute Gasteiger partial charge is 0.497 e. The van der Waals surface area contributed by atoms with Gasteiger partial charge in [-0.2, -0.15) is 0 Å². The molecule has 3 aromatic rings. The van der Waals surface area contributed by atoms with Crippen LogP contribution < -0.4 is 24.2 Å². The van der Waals surface area contributed by atoms with E-state index < -0.39 is 10.0 Å². The summed E-state index contributed by atoms with van der Waals surface area (Å²) in [6.45, 7) is -0.244. The predicted molar refractivity (Wildman–Crippen MR) is 117 cm³/mol. The average Bonchev–Trinajstić information content (AvgIpc) is 2.78. The van der Waals surface area contributed by atoms with Crippen molar-refractivity contribution in [3.63, 3.8) is 0 Å². The molecule has 31 heavy (non-hydrogen) atoms. The van der Waals surface area contributed by atoms with E-state index in [0.29, 0.717) is 28.6 Å². The Morgan fingerprint density at radius 3 is 2.32 bits per heavy atom. The number of ether oxygens (including phenoxy) is 3. The quantitative estimate of drug-likeness (QED) is 0.526. The van der Waals surface area contributed by atoms with Crippen LogP contribution in [-0.4, -0.2) is 35.2 Å². The summed E-state index contributed by atoms with van der Waals surface area (Å²) < 4.78 is 43.4. The van der Waals surface area contributed by atoms with Gasteiger partial charge in [0.05, 0.1) is 30.5 Å². The standard InChI is InChI=1S/C22H22N2O6S/c1-28-18-7-5-6-16(14-18)24-31(26,27)19-12-10-17(11-13-19)30-15-22(25)23-20-8-3-4-9-21(20)29-2/h3-14,24H,15H2,1-2H3,(H,23,25). The normalized spacial score (nSPS) is 10.8. The first kappa shape index (κ1) is 22.0. The number of hydrogen-bond donors (Lipinski definition) is 2. The second-order valence-electron chi connectivity index (χ2n) is 6.35. The molecule has 3 aromatic carbocycles. The van der Waals surface area contributed by atoms with Gasteiger partial charge >= 0.3 is 0 Å². The molecule has 0 radical (unpaired) electrons. The van der Waals surface area contributed by atoms with Crippen LogP contribution in [-0.2, 0) is 14.8 Å². The molecule has 1 amide bonds. The lowest BCUT2D eigenvalue weighted by Gasteiger charge is -2.11. The molecular formula is C22H22N2O6S. The third-order valence-corrected chi connectivity index (χ3v) is 5.60. The van der Waals surface area contributed by atoms with Crippen molar-refractivity contribution in [2.24, 2.45) is 0 Å². The Hall–Kier alpha value is -3.72. The molecular weight excluding hydrogens is 420 g/mol. The van der Waals surface area contributed by atoms with E-state index in [1.165, 1.54) is 38.5 Å². The van der Waals surface area contributed by atoms with Crippen LogP contribution >= 0.6 is 0 Å². The molecule has 162 valence electrons. The molecule has 0 aliphatic rings. The van der Waals surface area contributed by atoms with Crippen molar-refractivity contribution in [1.82, 2.24) is 0 Å². The van der Waals surface area contributed by atoms with Gasteiger partial charge in [-0.3, -0.25) is 9.52 Å². The topological polar surface area (TPSA) is 103 Å². The number of benzene rings is 3. The summed E-state index contributed by atoms with van der Waals surface area (Å²) in [7, 11) is -0.772. The van der Waals surface area contributed by atoms with Gasteiger partial charge in [-0.05, 0) is 48.5 Å². The number of anilines is 2. The lowest BCUT2D eigenvalue weighted by molar-refractivity contribution is -0.118. The zero-order valence-electron chi connectivity index (χ0n) is 17.0. The first-order valence-electron chi connectivity index (χ1n) is 9.24. The molecule has 0 aromatic heterocycles. The molecule has 2 N–H and O–H groups in total. The fourth-order valence-corrected chi connectivity index (χ4v) is 3.75. The number of nitrogens with one attached hydrogen (secondary N) is 2. The molecule has 0 saturated carbocycles. The summed E-state index contributed by atoms with van der Waals surface area (Å²) in [4.78, 5) is 12.2. The zero-order valence-corrected chi connectivity index (χ0v) is 17.8. The number of para-hydroxylation sites is 2. The van der Waals surface area contributed by atoms with Gasteiger partial charge in [0.2, 0.25) is 0 Å². The van der Waals surface area contributed by atoms with Crippen molar-refractivity contribution in [2.45, 2.75) is 4.90 Å². The van der Waals surface area contributed by atoms with Crippen LogP contribution in [0.4, 0.5) is 11.4 Å². The van der Waals surface area contributed by atoms with Crippen molar-refractivity contribution in [2.75, 3.05) is 30.9 Å². The molecule has 8 nitrogen and oxygen atoms in total. The van der Waals surface area contributed by atoms with Gasteiger partial charge in [0.15, 0.2) is 6.61 Å². The number of amides is 1. The van der Waals surface area contributed by atoms with Gasteiger partial charge < -0.3 is 19.5 Å². The number of methoxy groups -OCH3 is 2. The lowest BCUT2D eigenvalue weighted by Crippen LogP contribution is -2.20. The van der Waals surface area contributed by atoms with E-state index in [1.54, 1.807) is 48.5 Å². The van der Waals surface area contributed by atoms with E-state index in [2.05, 4.69) is 10.0 Å². The summed E-state index contributed by atoms with van der Waals surface area (Å²) in [5.41, 5.74) is 0.913. The van der Waals surface area contributed by atoms with E-state index in [4.69, 9.17) is 14.2 Å². The highest BCUT2D eigenvalue weighted by molar-refractivity contribution is 7.92. The number of rotatable bonds is 9. The zero-order chi connectivity index (χ0) is 22.3. The van der Waals surface area contributed by atoms with Gasteiger partial charge in [-0.1, -0.05) is 18.2 Å². The van der Waals surface area contributed by atoms with Crippen molar-refractivity contribution in [3.8, 4) is 17.2 Å². The fraction of sp³-hybridized carbons (Fsp3) is 0.136. The van der Waals surface area contributed by atoms with E-state index >= 15 is 0 Å². The van der Waals surface area contributed by atoms with Crippen LogP contribution in [0.5, 0.6) is 17.2 Å².